The van der Waals surface area contributed by atoms with Crippen LogP contribution in [0.25, 0.3) is 0 Å². The van der Waals surface area contributed by atoms with Crippen molar-refractivity contribution in [1.82, 2.24) is 5.48 Å². The summed E-state index contributed by atoms with van der Waals surface area (Å²) in [5.74, 6) is 0. The van der Waals surface area contributed by atoms with Crippen LogP contribution in [0.2, 0.25) is 0 Å². The van der Waals surface area contributed by atoms with Crippen LogP contribution in [0, 0.1) is 0 Å². The summed E-state index contributed by atoms with van der Waals surface area (Å²) in [5.41, 5.74) is 2.74. The fraction of sp³-hybridized carbons (Fsp3) is 1.00. The molecular formula is C8H19NO3. The molecule has 0 heterocycles. The zero-order chi connectivity index (χ0) is 9.07. The van der Waals surface area contributed by atoms with Gasteiger partial charge in [0.25, 0.3) is 0 Å². The highest BCUT2D eigenvalue weighted by atomic mass is 16.7. The highest BCUT2D eigenvalue weighted by molar-refractivity contribution is 4.30. The van der Waals surface area contributed by atoms with Gasteiger partial charge in [-0.3, -0.25) is 4.84 Å². The third-order valence-corrected chi connectivity index (χ3v) is 1.15. The zero-order valence-electron chi connectivity index (χ0n) is 7.97. The van der Waals surface area contributed by atoms with Crippen molar-refractivity contribution in [2.24, 2.45) is 0 Å². The Morgan fingerprint density at radius 2 is 1.58 bits per heavy atom. The fourth-order valence-corrected chi connectivity index (χ4v) is 0.639. The van der Waals surface area contributed by atoms with E-state index < -0.39 is 0 Å². The molecule has 74 valence electrons. The topological polar surface area (TPSA) is 39.7 Å². The zero-order valence-corrected chi connectivity index (χ0v) is 7.97. The number of hydrogen-bond acceptors (Lipinski definition) is 4. The maximum atomic E-state index is 5.19. The largest absolute Gasteiger partial charge is 0.379 e. The van der Waals surface area contributed by atoms with E-state index in [1.807, 2.05) is 13.8 Å². The Balaban J connectivity index is 2.73. The fourth-order valence-electron chi connectivity index (χ4n) is 0.639. The van der Waals surface area contributed by atoms with Gasteiger partial charge in [-0.1, -0.05) is 6.92 Å². The van der Waals surface area contributed by atoms with Crippen molar-refractivity contribution >= 4 is 0 Å². The van der Waals surface area contributed by atoms with E-state index in [0.717, 1.165) is 13.2 Å². The molecule has 0 aliphatic carbocycles. The first-order chi connectivity index (χ1) is 5.91. The lowest BCUT2D eigenvalue weighted by molar-refractivity contribution is -0.0158. The molecule has 0 bridgehead atoms. The molecule has 0 spiro atoms. The monoisotopic (exact) mass is 177 g/mol. The van der Waals surface area contributed by atoms with E-state index in [2.05, 4.69) is 5.48 Å². The molecule has 12 heavy (non-hydrogen) atoms. The Morgan fingerprint density at radius 3 is 2.25 bits per heavy atom. The minimum absolute atomic E-state index is 0.583. The Kier molecular flexibility index (Phi) is 10.7. The average Bonchev–Trinajstić information content (AvgIpc) is 2.10. The average molecular weight is 177 g/mol. The van der Waals surface area contributed by atoms with Gasteiger partial charge in [-0.15, -0.1) is 0 Å². The summed E-state index contributed by atoms with van der Waals surface area (Å²) < 4.78 is 10.3. The van der Waals surface area contributed by atoms with Crippen molar-refractivity contribution in [1.29, 1.82) is 0 Å². The predicted molar refractivity (Wildman–Crippen MR) is 46.9 cm³/mol. The Morgan fingerprint density at radius 1 is 0.917 bits per heavy atom. The van der Waals surface area contributed by atoms with Crippen molar-refractivity contribution < 1.29 is 14.3 Å². The predicted octanol–water partition coefficient (Wildman–Crippen LogP) is 0.581. The molecule has 0 fully saturated rings. The second-order valence-corrected chi connectivity index (χ2v) is 2.16. The summed E-state index contributed by atoms with van der Waals surface area (Å²) in [4.78, 5) is 4.97. The molecule has 0 aromatic carbocycles. The molecule has 0 unspecified atom stereocenters. The van der Waals surface area contributed by atoms with Crippen molar-refractivity contribution in [2.45, 2.75) is 13.8 Å². The van der Waals surface area contributed by atoms with Crippen LogP contribution >= 0.6 is 0 Å². The van der Waals surface area contributed by atoms with Gasteiger partial charge in [-0.2, -0.15) is 0 Å². The molecule has 4 nitrogen and oxygen atoms in total. The summed E-state index contributed by atoms with van der Waals surface area (Å²) in [6.07, 6.45) is 0. The maximum absolute atomic E-state index is 5.19. The molecule has 0 radical (unpaired) electrons. The van der Waals surface area contributed by atoms with Crippen LogP contribution in [0.5, 0.6) is 0 Å². The molecule has 0 amide bonds. The van der Waals surface area contributed by atoms with Gasteiger partial charge in [-0.05, 0) is 6.92 Å². The normalized spacial score (nSPS) is 10.5. The van der Waals surface area contributed by atoms with E-state index in [-0.39, 0.29) is 0 Å². The Labute approximate surface area is 74.1 Å². The number of rotatable bonds is 9. The maximum Gasteiger partial charge on any atom is 0.0916 e. The lowest BCUT2D eigenvalue weighted by atomic mass is 10.7. The van der Waals surface area contributed by atoms with Gasteiger partial charge in [0.2, 0.25) is 0 Å². The third-order valence-electron chi connectivity index (χ3n) is 1.15. The summed E-state index contributed by atoms with van der Waals surface area (Å²) >= 11 is 0. The number of ether oxygens (including phenoxy) is 2. The second kappa shape index (κ2) is 10.8. The summed E-state index contributed by atoms with van der Waals surface area (Å²) in [6.45, 7) is 8.02. The molecule has 0 aliphatic heterocycles. The van der Waals surface area contributed by atoms with Gasteiger partial charge in [0, 0.05) is 13.2 Å². The molecular weight excluding hydrogens is 158 g/mol. The van der Waals surface area contributed by atoms with Crippen molar-refractivity contribution in [2.75, 3.05) is 39.6 Å². The molecule has 0 aromatic heterocycles. The minimum Gasteiger partial charge on any atom is -0.379 e. The van der Waals surface area contributed by atoms with E-state index >= 15 is 0 Å². The van der Waals surface area contributed by atoms with Gasteiger partial charge in [0.1, 0.15) is 0 Å². The van der Waals surface area contributed by atoms with Gasteiger partial charge >= 0.3 is 0 Å². The van der Waals surface area contributed by atoms with Crippen LogP contribution in [0.15, 0.2) is 0 Å². The Bertz CT molecular complexity index is 70.7. The van der Waals surface area contributed by atoms with Crippen LogP contribution in [-0.4, -0.2) is 39.6 Å². The Hall–Kier alpha value is -0.160. The molecule has 0 saturated carbocycles. The number of hydroxylamine groups is 1. The van der Waals surface area contributed by atoms with Crippen LogP contribution in [0.4, 0.5) is 0 Å². The van der Waals surface area contributed by atoms with Gasteiger partial charge in [-0.25, -0.2) is 5.48 Å². The smallest absolute Gasteiger partial charge is 0.0916 e. The molecule has 0 aliphatic rings. The van der Waals surface area contributed by atoms with Crippen molar-refractivity contribution in [3.63, 3.8) is 0 Å². The minimum atomic E-state index is 0.583. The molecule has 0 rings (SSSR count). The third kappa shape index (κ3) is 9.84. The highest BCUT2D eigenvalue weighted by Gasteiger charge is 1.88. The van der Waals surface area contributed by atoms with E-state index in [9.17, 15) is 0 Å². The van der Waals surface area contributed by atoms with Crippen LogP contribution in [0.3, 0.4) is 0 Å². The van der Waals surface area contributed by atoms with E-state index in [0.29, 0.717) is 26.4 Å². The first-order valence-corrected chi connectivity index (χ1v) is 4.42. The molecule has 4 heteroatoms. The van der Waals surface area contributed by atoms with Crippen LogP contribution in [-0.2, 0) is 14.3 Å². The lowest BCUT2D eigenvalue weighted by Gasteiger charge is -2.04. The standard InChI is InChI=1S/C8H19NO3/c1-3-9-12-8-7-11-6-5-10-4-2/h9H,3-8H2,1-2H3. The number of nitrogens with one attached hydrogen (secondary N) is 1. The SMILES string of the molecule is CCNOCCOCCOCC. The summed E-state index contributed by atoms with van der Waals surface area (Å²) in [6, 6.07) is 0. The number of hydrogen-bond donors (Lipinski definition) is 1. The van der Waals surface area contributed by atoms with Crippen LogP contribution < -0.4 is 5.48 Å². The van der Waals surface area contributed by atoms with E-state index in [1.54, 1.807) is 0 Å². The van der Waals surface area contributed by atoms with E-state index in [4.69, 9.17) is 14.3 Å². The quantitative estimate of drug-likeness (QED) is 0.413. The highest BCUT2D eigenvalue weighted by Crippen LogP contribution is 1.78. The van der Waals surface area contributed by atoms with Crippen molar-refractivity contribution in [3.05, 3.63) is 0 Å². The van der Waals surface area contributed by atoms with E-state index in [1.165, 1.54) is 0 Å². The van der Waals surface area contributed by atoms with Crippen molar-refractivity contribution in [3.8, 4) is 0 Å². The van der Waals surface area contributed by atoms with Gasteiger partial charge in [0.05, 0.1) is 26.4 Å². The molecule has 1 N–H and O–H groups in total. The first-order valence-electron chi connectivity index (χ1n) is 4.42. The van der Waals surface area contributed by atoms with Gasteiger partial charge in [0.15, 0.2) is 0 Å². The molecule has 0 atom stereocenters. The summed E-state index contributed by atoms with van der Waals surface area (Å²) in [7, 11) is 0. The molecule has 0 aromatic rings. The molecule has 0 saturated heterocycles. The van der Waals surface area contributed by atoms with Crippen LogP contribution in [0.1, 0.15) is 13.8 Å². The van der Waals surface area contributed by atoms with Gasteiger partial charge < -0.3 is 9.47 Å². The lowest BCUT2D eigenvalue weighted by Crippen LogP contribution is -2.18. The summed E-state index contributed by atoms with van der Waals surface area (Å²) in [5, 5.41) is 0. The first kappa shape index (κ1) is 11.8. The second-order valence-electron chi connectivity index (χ2n) is 2.16.